The Labute approximate surface area is 151 Å². The molecule has 0 radical (unpaired) electrons. The van der Waals surface area contributed by atoms with Crippen LogP contribution in [0.4, 0.5) is 22.7 Å². The van der Waals surface area contributed by atoms with E-state index in [9.17, 15) is 9.59 Å². The highest BCUT2D eigenvalue weighted by Gasteiger charge is 2.21. The van der Waals surface area contributed by atoms with Crippen molar-refractivity contribution in [1.29, 1.82) is 0 Å². The number of nitrogens with one attached hydrogen (secondary N) is 3. The Hall–Kier alpha value is -2.67. The summed E-state index contributed by atoms with van der Waals surface area (Å²) in [5, 5.41) is 5.44. The van der Waals surface area contributed by atoms with Gasteiger partial charge in [-0.15, -0.1) is 0 Å². The first kappa shape index (κ1) is 18.7. The number of carbonyl (C=O) groups excluding carboxylic acids is 2. The summed E-state index contributed by atoms with van der Waals surface area (Å²) in [6.45, 7) is 5.54. The minimum absolute atomic E-state index is 0.0951. The van der Waals surface area contributed by atoms with E-state index in [1.165, 1.54) is 11.9 Å². The summed E-state index contributed by atoms with van der Waals surface area (Å²) in [4.78, 5) is 23.5. The summed E-state index contributed by atoms with van der Waals surface area (Å²) in [5.41, 5.74) is 8.10. The number of amides is 2. The quantitative estimate of drug-likeness (QED) is 0.356. The van der Waals surface area contributed by atoms with Gasteiger partial charge in [-0.05, 0) is 54.4 Å². The highest BCUT2D eigenvalue weighted by Crippen LogP contribution is 2.29. The van der Waals surface area contributed by atoms with Crippen LogP contribution in [0.2, 0.25) is 0 Å². The van der Waals surface area contributed by atoms with Crippen molar-refractivity contribution in [3.8, 4) is 0 Å². The van der Waals surface area contributed by atoms with Crippen molar-refractivity contribution in [2.24, 2.45) is 5.41 Å². The number of hydrogen-bond donors (Lipinski definition) is 4. The van der Waals surface area contributed by atoms with Crippen LogP contribution in [0.1, 0.15) is 20.8 Å². The second kappa shape index (κ2) is 7.94. The van der Waals surface area contributed by atoms with Crippen molar-refractivity contribution in [3.05, 3.63) is 42.5 Å². The Balaban J connectivity index is 2.04. The number of benzene rings is 2. The molecule has 2 aromatic rings. The van der Waals surface area contributed by atoms with Crippen LogP contribution in [0.3, 0.4) is 0 Å². The van der Waals surface area contributed by atoms with Crippen LogP contribution in [-0.4, -0.2) is 12.3 Å². The lowest BCUT2D eigenvalue weighted by Gasteiger charge is -2.19. The first-order chi connectivity index (χ1) is 11.8. The summed E-state index contributed by atoms with van der Waals surface area (Å²) < 4.78 is 3.21. The fourth-order valence-corrected chi connectivity index (χ4v) is 2.48. The third-order valence-corrected chi connectivity index (χ3v) is 4.19. The molecule has 132 valence electrons. The molecular formula is C18H22N4O2S. The molecule has 0 bridgehead atoms. The van der Waals surface area contributed by atoms with E-state index in [-0.39, 0.29) is 5.91 Å². The monoisotopic (exact) mass is 358 g/mol. The van der Waals surface area contributed by atoms with E-state index in [2.05, 4.69) is 15.4 Å². The highest BCUT2D eigenvalue weighted by atomic mass is 32.2. The minimum atomic E-state index is -0.498. The van der Waals surface area contributed by atoms with Crippen molar-refractivity contribution < 1.29 is 9.59 Å². The second-order valence-corrected chi connectivity index (χ2v) is 7.38. The zero-order chi connectivity index (χ0) is 18.4. The number of rotatable bonds is 6. The molecular weight excluding hydrogens is 336 g/mol. The first-order valence-electron chi connectivity index (χ1n) is 7.73. The van der Waals surface area contributed by atoms with Gasteiger partial charge in [0.1, 0.15) is 0 Å². The maximum absolute atomic E-state index is 12.1. The van der Waals surface area contributed by atoms with Gasteiger partial charge in [0.05, 0.1) is 11.4 Å². The molecule has 0 aliphatic carbocycles. The maximum atomic E-state index is 12.1. The third-order valence-electron chi connectivity index (χ3n) is 3.35. The van der Waals surface area contributed by atoms with Gasteiger partial charge in [-0.2, -0.15) is 0 Å². The van der Waals surface area contributed by atoms with Gasteiger partial charge in [-0.25, -0.2) is 0 Å². The molecule has 0 saturated heterocycles. The van der Waals surface area contributed by atoms with Crippen molar-refractivity contribution in [2.45, 2.75) is 25.7 Å². The number of hydrogen-bond acceptors (Lipinski definition) is 5. The van der Waals surface area contributed by atoms with E-state index in [1.807, 2.05) is 51.1 Å². The Morgan fingerprint density at radius 2 is 1.72 bits per heavy atom. The van der Waals surface area contributed by atoms with Crippen molar-refractivity contribution in [3.63, 3.8) is 0 Å². The molecule has 0 aliphatic heterocycles. The first-order valence-corrected chi connectivity index (χ1v) is 8.55. The van der Waals surface area contributed by atoms with Crippen LogP contribution in [0.25, 0.3) is 0 Å². The van der Waals surface area contributed by atoms with Gasteiger partial charge in [0.25, 0.3) is 0 Å². The molecule has 2 amide bonds. The van der Waals surface area contributed by atoms with Crippen LogP contribution in [-0.2, 0) is 9.59 Å². The lowest BCUT2D eigenvalue weighted by Crippen LogP contribution is -2.28. The van der Waals surface area contributed by atoms with E-state index in [0.717, 1.165) is 16.3 Å². The lowest BCUT2D eigenvalue weighted by molar-refractivity contribution is -0.123. The molecule has 25 heavy (non-hydrogen) atoms. The maximum Gasteiger partial charge on any atom is 0.229 e. The summed E-state index contributed by atoms with van der Waals surface area (Å²) in [6, 6.07) is 12.8. The molecule has 5 N–H and O–H groups in total. The van der Waals surface area contributed by atoms with E-state index < -0.39 is 5.41 Å². The average Bonchev–Trinajstić information content (AvgIpc) is 2.56. The number of carbonyl (C=O) groups is 2. The largest absolute Gasteiger partial charge is 0.397 e. The molecule has 6 nitrogen and oxygen atoms in total. The minimum Gasteiger partial charge on any atom is -0.397 e. The molecule has 0 atom stereocenters. The molecule has 0 fully saturated rings. The fourth-order valence-electron chi connectivity index (χ4n) is 1.84. The summed E-state index contributed by atoms with van der Waals surface area (Å²) in [5.74, 6) is -0.0951. The summed E-state index contributed by atoms with van der Waals surface area (Å²) in [7, 11) is 0. The molecule has 0 heterocycles. The Kier molecular flexibility index (Phi) is 5.93. The highest BCUT2D eigenvalue weighted by molar-refractivity contribution is 8.00. The number of nitrogens with two attached hydrogens (primary N) is 1. The number of nitrogen functional groups attached to an aromatic ring is 1. The third kappa shape index (κ3) is 5.42. The topological polar surface area (TPSA) is 96.2 Å². The van der Waals surface area contributed by atoms with Crippen molar-refractivity contribution in [2.75, 3.05) is 21.1 Å². The predicted molar refractivity (Wildman–Crippen MR) is 105 cm³/mol. The smallest absolute Gasteiger partial charge is 0.229 e. The van der Waals surface area contributed by atoms with Crippen LogP contribution in [0, 0.1) is 5.41 Å². The van der Waals surface area contributed by atoms with Gasteiger partial charge < -0.3 is 21.1 Å². The normalized spacial score (nSPS) is 10.8. The van der Waals surface area contributed by atoms with Gasteiger partial charge >= 0.3 is 0 Å². The van der Waals surface area contributed by atoms with E-state index in [4.69, 9.17) is 5.73 Å². The molecule has 0 saturated carbocycles. The van der Waals surface area contributed by atoms with E-state index in [1.54, 1.807) is 12.1 Å². The second-order valence-electron chi connectivity index (χ2n) is 6.50. The zero-order valence-corrected chi connectivity index (χ0v) is 15.2. The SMILES string of the molecule is CC(C)(C)C(=O)Nc1cc(NSc2ccc(NC=O)cc2)ccc1N. The van der Waals surface area contributed by atoms with Crippen molar-refractivity contribution in [1.82, 2.24) is 0 Å². The lowest BCUT2D eigenvalue weighted by atomic mass is 9.95. The Bertz CT molecular complexity index is 755. The predicted octanol–water partition coefficient (Wildman–Crippen LogP) is 3.94. The molecule has 0 spiro atoms. The van der Waals surface area contributed by atoms with Gasteiger partial charge in [0, 0.05) is 21.7 Å². The van der Waals surface area contributed by atoms with Crippen LogP contribution >= 0.6 is 11.9 Å². The number of anilines is 4. The fraction of sp³-hybridized carbons (Fsp3) is 0.222. The zero-order valence-electron chi connectivity index (χ0n) is 14.4. The summed E-state index contributed by atoms with van der Waals surface area (Å²) in [6.07, 6.45) is 0.641. The van der Waals surface area contributed by atoms with Gasteiger partial charge in [0.15, 0.2) is 0 Å². The Morgan fingerprint density at radius 1 is 1.08 bits per heavy atom. The Morgan fingerprint density at radius 3 is 2.32 bits per heavy atom. The van der Waals surface area contributed by atoms with Gasteiger partial charge in [-0.3, -0.25) is 9.59 Å². The van der Waals surface area contributed by atoms with Gasteiger partial charge in [-0.1, -0.05) is 20.8 Å². The van der Waals surface area contributed by atoms with E-state index in [0.29, 0.717) is 17.8 Å². The van der Waals surface area contributed by atoms with Crippen molar-refractivity contribution >= 4 is 47.0 Å². The molecule has 7 heteroatoms. The van der Waals surface area contributed by atoms with Gasteiger partial charge in [0.2, 0.25) is 12.3 Å². The molecule has 0 aliphatic rings. The molecule has 0 aromatic heterocycles. The summed E-state index contributed by atoms with van der Waals surface area (Å²) >= 11 is 1.42. The van der Waals surface area contributed by atoms with Crippen LogP contribution < -0.4 is 21.1 Å². The molecule has 0 unspecified atom stereocenters. The standard InChI is InChI=1S/C18H22N4O2S/c1-18(2,3)17(24)21-16-10-13(6-9-15(16)19)22-25-14-7-4-12(5-8-14)20-11-23/h4-11,22H,19H2,1-3H3,(H,20,23)(H,21,24). The average molecular weight is 358 g/mol. The molecule has 2 rings (SSSR count). The van der Waals surface area contributed by atoms with E-state index >= 15 is 0 Å². The van der Waals surface area contributed by atoms with Crippen LogP contribution in [0.15, 0.2) is 47.4 Å². The van der Waals surface area contributed by atoms with Crippen LogP contribution in [0.5, 0.6) is 0 Å². The molecule has 2 aromatic carbocycles.